The quantitative estimate of drug-likeness (QED) is 0.778. The first-order valence-corrected chi connectivity index (χ1v) is 8.08. The summed E-state index contributed by atoms with van der Waals surface area (Å²) in [4.78, 5) is 2.72. The number of nitrogens with zero attached hydrogens (tertiary/aromatic N) is 1. The molecule has 0 unspecified atom stereocenters. The van der Waals surface area contributed by atoms with Crippen molar-refractivity contribution in [1.29, 1.82) is 0 Å². The van der Waals surface area contributed by atoms with Crippen LogP contribution in [0.1, 0.15) is 33.1 Å². The van der Waals surface area contributed by atoms with Crippen molar-refractivity contribution >= 4 is 0 Å². The lowest BCUT2D eigenvalue weighted by atomic mass is 9.67. The van der Waals surface area contributed by atoms with Crippen molar-refractivity contribution < 1.29 is 9.47 Å². The van der Waals surface area contributed by atoms with E-state index in [0.29, 0.717) is 17.4 Å². The van der Waals surface area contributed by atoms with Crippen LogP contribution in [0.2, 0.25) is 0 Å². The van der Waals surface area contributed by atoms with Crippen molar-refractivity contribution in [2.75, 3.05) is 40.4 Å². The van der Waals surface area contributed by atoms with Crippen LogP contribution >= 0.6 is 0 Å². The molecule has 0 radical (unpaired) electrons. The van der Waals surface area contributed by atoms with Crippen LogP contribution in [-0.2, 0) is 9.47 Å². The van der Waals surface area contributed by atoms with Gasteiger partial charge in [0, 0.05) is 58.2 Å². The third-order valence-electron chi connectivity index (χ3n) is 5.89. The summed E-state index contributed by atoms with van der Waals surface area (Å²) in [6, 6.07) is 0.694. The number of rotatable bonds is 5. The molecule has 0 aromatic carbocycles. The molecule has 4 nitrogen and oxygen atoms in total. The second kappa shape index (κ2) is 5.24. The molecule has 4 heteroatoms. The van der Waals surface area contributed by atoms with Gasteiger partial charge in [-0.3, -0.25) is 4.90 Å². The van der Waals surface area contributed by atoms with E-state index in [9.17, 15) is 0 Å². The summed E-state index contributed by atoms with van der Waals surface area (Å²) in [5, 5.41) is 3.53. The SMILES string of the molecule is COC1(OC)CC([C@H](C(C)C)N2CC3(CCNC3)C2)C1. The lowest BCUT2D eigenvalue weighted by Crippen LogP contribution is -2.66. The van der Waals surface area contributed by atoms with Gasteiger partial charge >= 0.3 is 0 Å². The van der Waals surface area contributed by atoms with E-state index >= 15 is 0 Å². The van der Waals surface area contributed by atoms with Gasteiger partial charge in [-0.05, 0) is 24.8 Å². The molecule has 1 saturated carbocycles. The van der Waals surface area contributed by atoms with Crippen LogP contribution < -0.4 is 5.32 Å². The summed E-state index contributed by atoms with van der Waals surface area (Å²) in [6.07, 6.45) is 3.45. The average molecular weight is 282 g/mol. The van der Waals surface area contributed by atoms with Crippen LogP contribution in [-0.4, -0.2) is 57.1 Å². The molecule has 20 heavy (non-hydrogen) atoms. The summed E-state index contributed by atoms with van der Waals surface area (Å²) in [7, 11) is 3.54. The zero-order valence-electron chi connectivity index (χ0n) is 13.4. The second-order valence-electron chi connectivity index (χ2n) is 7.55. The monoisotopic (exact) mass is 282 g/mol. The summed E-state index contributed by atoms with van der Waals surface area (Å²) >= 11 is 0. The molecule has 3 aliphatic rings. The Morgan fingerprint density at radius 3 is 2.25 bits per heavy atom. The van der Waals surface area contributed by atoms with Crippen LogP contribution in [0.3, 0.4) is 0 Å². The van der Waals surface area contributed by atoms with Gasteiger partial charge in [0.2, 0.25) is 0 Å². The van der Waals surface area contributed by atoms with Crippen molar-refractivity contribution in [2.45, 2.75) is 44.9 Å². The largest absolute Gasteiger partial charge is 0.353 e. The zero-order valence-corrected chi connectivity index (χ0v) is 13.4. The molecular weight excluding hydrogens is 252 g/mol. The van der Waals surface area contributed by atoms with E-state index in [1.54, 1.807) is 14.2 Å². The molecule has 1 atom stereocenters. The van der Waals surface area contributed by atoms with Crippen LogP contribution in [0, 0.1) is 17.3 Å². The number of methoxy groups -OCH3 is 2. The highest BCUT2D eigenvalue weighted by molar-refractivity contribution is 5.06. The summed E-state index contributed by atoms with van der Waals surface area (Å²) in [5.74, 6) is 1.13. The van der Waals surface area contributed by atoms with Gasteiger partial charge in [-0.15, -0.1) is 0 Å². The Hall–Kier alpha value is -0.160. The first-order valence-electron chi connectivity index (χ1n) is 8.08. The molecule has 2 saturated heterocycles. The van der Waals surface area contributed by atoms with Crippen molar-refractivity contribution in [1.82, 2.24) is 10.2 Å². The molecule has 0 bridgehead atoms. The van der Waals surface area contributed by atoms with Gasteiger partial charge in [-0.2, -0.15) is 0 Å². The zero-order chi connectivity index (χ0) is 14.4. The van der Waals surface area contributed by atoms with Gasteiger partial charge in [0.1, 0.15) is 0 Å². The molecule has 0 aromatic rings. The third-order valence-corrected chi connectivity index (χ3v) is 5.89. The highest BCUT2D eigenvalue weighted by Crippen LogP contribution is 2.49. The van der Waals surface area contributed by atoms with Gasteiger partial charge in [0.25, 0.3) is 0 Å². The topological polar surface area (TPSA) is 33.7 Å². The van der Waals surface area contributed by atoms with E-state index < -0.39 is 0 Å². The molecule has 2 heterocycles. The van der Waals surface area contributed by atoms with Crippen LogP contribution in [0.25, 0.3) is 0 Å². The minimum atomic E-state index is -0.296. The fraction of sp³-hybridized carbons (Fsp3) is 1.00. The van der Waals surface area contributed by atoms with Gasteiger partial charge in [0.05, 0.1) is 0 Å². The molecule has 116 valence electrons. The fourth-order valence-electron chi connectivity index (χ4n) is 4.75. The molecule has 1 N–H and O–H groups in total. The first kappa shape index (κ1) is 14.8. The van der Waals surface area contributed by atoms with Crippen LogP contribution in [0.5, 0.6) is 0 Å². The summed E-state index contributed by atoms with van der Waals surface area (Å²) in [5.41, 5.74) is 0.594. The van der Waals surface area contributed by atoms with E-state index in [-0.39, 0.29) is 5.79 Å². The molecule has 3 fully saturated rings. The van der Waals surface area contributed by atoms with Gasteiger partial charge in [-0.25, -0.2) is 0 Å². The van der Waals surface area contributed by atoms with E-state index in [2.05, 4.69) is 24.1 Å². The predicted molar refractivity (Wildman–Crippen MR) is 79.6 cm³/mol. The summed E-state index contributed by atoms with van der Waals surface area (Å²) in [6.45, 7) is 9.72. The standard InChI is InChI=1S/C16H30N2O2/c1-12(2)14(13-7-16(8-13,19-3)20-4)18-10-15(11-18)5-6-17-9-15/h12-14,17H,5-11H2,1-4H3/t14-/m0/s1. The number of ether oxygens (including phenoxy) is 2. The van der Waals surface area contributed by atoms with E-state index in [4.69, 9.17) is 9.47 Å². The van der Waals surface area contributed by atoms with Crippen molar-refractivity contribution in [3.05, 3.63) is 0 Å². The maximum atomic E-state index is 5.56. The fourth-order valence-corrected chi connectivity index (χ4v) is 4.75. The lowest BCUT2D eigenvalue weighted by Gasteiger charge is -2.58. The maximum absolute atomic E-state index is 5.56. The summed E-state index contributed by atoms with van der Waals surface area (Å²) < 4.78 is 11.1. The Bertz CT molecular complexity index is 318. The van der Waals surface area contributed by atoms with Crippen molar-refractivity contribution in [2.24, 2.45) is 17.3 Å². The van der Waals surface area contributed by atoms with Crippen molar-refractivity contribution in [3.63, 3.8) is 0 Å². The average Bonchev–Trinajstić information content (AvgIpc) is 2.81. The molecule has 1 spiro atoms. The molecular formula is C16H30N2O2. The third kappa shape index (κ3) is 2.31. The van der Waals surface area contributed by atoms with Gasteiger partial charge in [0.15, 0.2) is 5.79 Å². The van der Waals surface area contributed by atoms with Crippen molar-refractivity contribution in [3.8, 4) is 0 Å². The Labute approximate surface area is 123 Å². The number of nitrogens with one attached hydrogen (secondary N) is 1. The second-order valence-corrected chi connectivity index (χ2v) is 7.55. The Kier molecular flexibility index (Phi) is 3.87. The Balaban J connectivity index is 1.58. The Morgan fingerprint density at radius 2 is 1.80 bits per heavy atom. The molecule has 2 aliphatic heterocycles. The van der Waals surface area contributed by atoms with Gasteiger partial charge in [-0.1, -0.05) is 13.8 Å². The van der Waals surface area contributed by atoms with E-state index in [0.717, 1.165) is 18.8 Å². The predicted octanol–water partition coefficient (Wildman–Crippen LogP) is 1.71. The minimum Gasteiger partial charge on any atom is -0.353 e. The molecule has 0 aromatic heterocycles. The van der Waals surface area contributed by atoms with Gasteiger partial charge < -0.3 is 14.8 Å². The van der Waals surface area contributed by atoms with Crippen LogP contribution in [0.4, 0.5) is 0 Å². The normalized spacial score (nSPS) is 30.4. The number of hydrogen-bond donors (Lipinski definition) is 1. The molecule has 3 rings (SSSR count). The minimum absolute atomic E-state index is 0.296. The molecule has 0 amide bonds. The van der Waals surface area contributed by atoms with Crippen LogP contribution in [0.15, 0.2) is 0 Å². The Morgan fingerprint density at radius 1 is 1.15 bits per heavy atom. The smallest absolute Gasteiger partial charge is 0.168 e. The maximum Gasteiger partial charge on any atom is 0.168 e. The van der Waals surface area contributed by atoms with E-state index in [1.807, 2.05) is 0 Å². The first-order chi connectivity index (χ1) is 9.53. The highest BCUT2D eigenvalue weighted by atomic mass is 16.7. The highest BCUT2D eigenvalue weighted by Gasteiger charge is 2.54. The molecule has 1 aliphatic carbocycles. The van der Waals surface area contributed by atoms with E-state index in [1.165, 1.54) is 32.6 Å². The lowest BCUT2D eigenvalue weighted by molar-refractivity contribution is -0.282. The number of hydrogen-bond acceptors (Lipinski definition) is 4. The number of likely N-dealkylation sites (tertiary alicyclic amines) is 1.